The predicted octanol–water partition coefficient (Wildman–Crippen LogP) is 25.9. The number of hydrogen-bond acceptors (Lipinski definition) is 6. The van der Waals surface area contributed by atoms with E-state index in [0.717, 1.165) is 83.5 Å². The van der Waals surface area contributed by atoms with Crippen LogP contribution in [-0.2, 0) is 28.6 Å². The molecule has 0 aromatic rings. The van der Waals surface area contributed by atoms with Gasteiger partial charge < -0.3 is 14.2 Å². The Bertz CT molecular complexity index is 1380. The Morgan fingerprint density at radius 3 is 0.735 bits per heavy atom. The zero-order chi connectivity index (χ0) is 59.9. The number of carbonyl (C=O) groups excluding carboxylic acids is 3. The zero-order valence-corrected chi connectivity index (χ0v) is 56.2. The van der Waals surface area contributed by atoms with Crippen LogP contribution in [0.25, 0.3) is 0 Å². The number of ether oxygens (including phenoxy) is 3. The third kappa shape index (κ3) is 70.3. The molecule has 0 aromatic carbocycles. The van der Waals surface area contributed by atoms with Crippen molar-refractivity contribution in [2.45, 2.75) is 425 Å². The van der Waals surface area contributed by atoms with Crippen LogP contribution < -0.4 is 0 Å². The normalized spacial score (nSPS) is 12.2. The van der Waals surface area contributed by atoms with E-state index in [2.05, 4.69) is 57.2 Å². The number of rotatable bonds is 70. The van der Waals surface area contributed by atoms with Gasteiger partial charge in [0.25, 0.3) is 0 Å². The lowest BCUT2D eigenvalue weighted by Gasteiger charge is -2.18. The first-order valence-corrected chi connectivity index (χ1v) is 37.5. The fourth-order valence-electron chi connectivity index (χ4n) is 11.6. The van der Waals surface area contributed by atoms with Gasteiger partial charge in [-0.3, -0.25) is 14.4 Å². The third-order valence-corrected chi connectivity index (χ3v) is 17.2. The highest BCUT2D eigenvalue weighted by Crippen LogP contribution is 2.19. The number of esters is 3. The molecule has 6 heteroatoms. The summed E-state index contributed by atoms with van der Waals surface area (Å²) in [5.41, 5.74) is 0. The highest BCUT2D eigenvalue weighted by atomic mass is 16.6. The Morgan fingerprint density at radius 2 is 0.470 bits per heavy atom. The van der Waals surface area contributed by atoms with Crippen LogP contribution in [-0.4, -0.2) is 37.2 Å². The van der Waals surface area contributed by atoms with E-state index < -0.39 is 6.10 Å². The number of unbranched alkanes of at least 4 members (excludes halogenated alkanes) is 53. The summed E-state index contributed by atoms with van der Waals surface area (Å²) in [6.07, 6.45) is 90.6. The maximum Gasteiger partial charge on any atom is 0.306 e. The topological polar surface area (TPSA) is 78.9 Å². The molecule has 6 nitrogen and oxygen atoms in total. The number of hydrogen-bond donors (Lipinski definition) is 0. The summed E-state index contributed by atoms with van der Waals surface area (Å²) in [5, 5.41) is 0. The molecule has 0 aliphatic heterocycles. The van der Waals surface area contributed by atoms with E-state index >= 15 is 0 Å². The van der Waals surface area contributed by atoms with Gasteiger partial charge >= 0.3 is 17.9 Å². The van der Waals surface area contributed by atoms with Gasteiger partial charge in [0, 0.05) is 19.3 Å². The molecule has 83 heavy (non-hydrogen) atoms. The molecule has 0 aromatic heterocycles. The summed E-state index contributed by atoms with van der Waals surface area (Å²) in [4.78, 5) is 38.4. The number of allylic oxidation sites excluding steroid dienone is 6. The quantitative estimate of drug-likeness (QED) is 0.0261. The minimum atomic E-state index is -0.775. The Kier molecular flexibility index (Phi) is 70.0. The van der Waals surface area contributed by atoms with E-state index in [1.54, 1.807) is 0 Å². The van der Waals surface area contributed by atoms with Crippen LogP contribution in [0.2, 0.25) is 0 Å². The largest absolute Gasteiger partial charge is 0.462 e. The molecule has 0 radical (unpaired) electrons. The first kappa shape index (κ1) is 80.6. The summed E-state index contributed by atoms with van der Waals surface area (Å²) < 4.78 is 17.0. The lowest BCUT2D eigenvalue weighted by Crippen LogP contribution is -2.30. The van der Waals surface area contributed by atoms with E-state index in [9.17, 15) is 14.4 Å². The number of carbonyl (C=O) groups is 3. The monoisotopic (exact) mass is 1170 g/mol. The molecule has 1 atom stereocenters. The Balaban J connectivity index is 4.12. The van der Waals surface area contributed by atoms with Crippen LogP contribution in [0.4, 0.5) is 0 Å². The molecule has 0 saturated carbocycles. The van der Waals surface area contributed by atoms with Crippen LogP contribution in [0.15, 0.2) is 36.5 Å². The Morgan fingerprint density at radius 1 is 0.253 bits per heavy atom. The van der Waals surface area contributed by atoms with Crippen molar-refractivity contribution in [2.24, 2.45) is 0 Å². The van der Waals surface area contributed by atoms with E-state index in [-0.39, 0.29) is 31.1 Å². The van der Waals surface area contributed by atoms with Gasteiger partial charge in [-0.15, -0.1) is 0 Å². The molecule has 0 amide bonds. The maximum atomic E-state index is 12.9. The molecular formula is C77H144O6. The van der Waals surface area contributed by atoms with Crippen LogP contribution in [0.1, 0.15) is 419 Å². The van der Waals surface area contributed by atoms with Crippen molar-refractivity contribution < 1.29 is 28.6 Å². The molecular weight excluding hydrogens is 1020 g/mol. The van der Waals surface area contributed by atoms with E-state index in [4.69, 9.17) is 14.2 Å². The molecule has 0 bridgehead atoms. The molecule has 0 N–H and O–H groups in total. The Hall–Kier alpha value is -2.37. The second-order valence-electron chi connectivity index (χ2n) is 25.5. The fourth-order valence-corrected chi connectivity index (χ4v) is 11.6. The highest BCUT2D eigenvalue weighted by molar-refractivity contribution is 5.71. The van der Waals surface area contributed by atoms with Crippen LogP contribution in [0, 0.1) is 0 Å². The lowest BCUT2D eigenvalue weighted by molar-refractivity contribution is -0.167. The minimum absolute atomic E-state index is 0.0704. The summed E-state index contributed by atoms with van der Waals surface area (Å²) in [5.74, 6) is -0.849. The summed E-state index contributed by atoms with van der Waals surface area (Å²) in [6, 6.07) is 0. The predicted molar refractivity (Wildman–Crippen MR) is 362 cm³/mol. The van der Waals surface area contributed by atoms with Crippen molar-refractivity contribution in [3.05, 3.63) is 36.5 Å². The van der Waals surface area contributed by atoms with E-state index in [1.165, 1.54) is 295 Å². The van der Waals surface area contributed by atoms with Gasteiger partial charge in [0.05, 0.1) is 0 Å². The van der Waals surface area contributed by atoms with Crippen molar-refractivity contribution in [3.63, 3.8) is 0 Å². The van der Waals surface area contributed by atoms with Crippen LogP contribution >= 0.6 is 0 Å². The van der Waals surface area contributed by atoms with Crippen molar-refractivity contribution >= 4 is 17.9 Å². The summed E-state index contributed by atoms with van der Waals surface area (Å²) in [6.45, 7) is 6.60. The van der Waals surface area contributed by atoms with Crippen LogP contribution in [0.3, 0.4) is 0 Å². The molecule has 1 unspecified atom stereocenters. The van der Waals surface area contributed by atoms with E-state index in [1.807, 2.05) is 0 Å². The second-order valence-corrected chi connectivity index (χ2v) is 25.5. The summed E-state index contributed by atoms with van der Waals surface area (Å²) >= 11 is 0. The molecule has 0 aliphatic carbocycles. The van der Waals surface area contributed by atoms with Crippen LogP contribution in [0.5, 0.6) is 0 Å². The van der Waals surface area contributed by atoms with Crippen molar-refractivity contribution in [1.82, 2.24) is 0 Å². The van der Waals surface area contributed by atoms with Gasteiger partial charge in [-0.2, -0.15) is 0 Å². The van der Waals surface area contributed by atoms with Gasteiger partial charge in [-0.05, 0) is 51.4 Å². The van der Waals surface area contributed by atoms with Crippen molar-refractivity contribution in [2.75, 3.05) is 13.2 Å². The van der Waals surface area contributed by atoms with Crippen molar-refractivity contribution in [3.8, 4) is 0 Å². The molecule has 0 spiro atoms. The smallest absolute Gasteiger partial charge is 0.306 e. The fraction of sp³-hybridized carbons (Fsp3) is 0.883. The summed E-state index contributed by atoms with van der Waals surface area (Å²) in [7, 11) is 0. The standard InChI is InChI=1S/C77H144O6/c1-4-7-10-13-16-19-22-25-28-30-31-32-33-34-35-36-37-38-39-40-41-42-43-44-45-47-49-52-55-58-61-64-67-70-76(79)82-73-74(72-81-75(78)69-66-63-60-57-54-51-48-27-24-21-18-15-12-9-6-3)83-77(80)71-68-65-62-59-56-53-50-46-29-26-23-20-17-14-11-8-5-2/h8,11,17,20,26,29,74H,4-7,9-10,12-16,18-19,21-25,27-28,30-73H2,1-3H3/b11-8-,20-17-,29-26-. The molecule has 0 aliphatic rings. The van der Waals surface area contributed by atoms with Gasteiger partial charge in [0.2, 0.25) is 0 Å². The van der Waals surface area contributed by atoms with E-state index in [0.29, 0.717) is 19.3 Å². The average Bonchev–Trinajstić information content (AvgIpc) is 3.49. The maximum absolute atomic E-state index is 12.9. The SMILES string of the molecule is CC/C=C\C/C=C\C/C=C\CCCCCCCCCC(=O)OC(COC(=O)CCCCCCCCCCCCCCCCC)COC(=O)CCCCCCCCCCCCCCCCCCCCCCCCCCCCCCCCCCC. The average molecular weight is 1170 g/mol. The van der Waals surface area contributed by atoms with Crippen molar-refractivity contribution in [1.29, 1.82) is 0 Å². The molecule has 0 saturated heterocycles. The zero-order valence-electron chi connectivity index (χ0n) is 56.2. The van der Waals surface area contributed by atoms with Gasteiger partial charge in [0.15, 0.2) is 6.10 Å². The molecule has 488 valence electrons. The third-order valence-electron chi connectivity index (χ3n) is 17.2. The minimum Gasteiger partial charge on any atom is -0.462 e. The van der Waals surface area contributed by atoms with Gasteiger partial charge in [0.1, 0.15) is 13.2 Å². The highest BCUT2D eigenvalue weighted by Gasteiger charge is 2.20. The first-order chi connectivity index (χ1) is 41.0. The first-order valence-electron chi connectivity index (χ1n) is 37.5. The molecule has 0 fully saturated rings. The Labute approximate surface area is 518 Å². The molecule has 0 heterocycles. The van der Waals surface area contributed by atoms with Gasteiger partial charge in [-0.25, -0.2) is 0 Å². The lowest BCUT2D eigenvalue weighted by atomic mass is 10.0. The second kappa shape index (κ2) is 72.1. The molecule has 0 rings (SSSR count). The van der Waals surface area contributed by atoms with Gasteiger partial charge in [-0.1, -0.05) is 385 Å².